The van der Waals surface area contributed by atoms with E-state index in [1.165, 1.54) is 0 Å². The maximum atomic E-state index is 12.4. The van der Waals surface area contributed by atoms with Crippen molar-refractivity contribution in [3.8, 4) is 0 Å². The second kappa shape index (κ2) is 8.01. The first-order valence-electron chi connectivity index (χ1n) is 8.20. The minimum absolute atomic E-state index is 0.0601. The minimum Gasteiger partial charge on any atom is -0.326 e. The molecule has 5 nitrogen and oxygen atoms in total. The van der Waals surface area contributed by atoms with Crippen LogP contribution in [0.2, 0.25) is 0 Å². The molecule has 1 fully saturated rings. The number of aryl methyl sites for hydroxylation is 1. The third-order valence-corrected chi connectivity index (χ3v) is 4.78. The Labute approximate surface area is 156 Å². The van der Waals surface area contributed by atoms with Crippen LogP contribution in [0, 0.1) is 6.92 Å². The van der Waals surface area contributed by atoms with Crippen LogP contribution >= 0.6 is 11.8 Å². The van der Waals surface area contributed by atoms with E-state index in [1.54, 1.807) is 6.08 Å². The molecule has 132 valence electrons. The summed E-state index contributed by atoms with van der Waals surface area (Å²) in [5.41, 5.74) is 2.65. The fourth-order valence-electron chi connectivity index (χ4n) is 2.47. The number of nitrogens with zero attached hydrogens (tertiary/aromatic N) is 1. The van der Waals surface area contributed by atoms with E-state index in [1.807, 2.05) is 61.5 Å². The molecule has 1 saturated heterocycles. The Morgan fingerprint density at radius 2 is 1.77 bits per heavy atom. The molecule has 1 heterocycles. The molecule has 0 bridgehead atoms. The zero-order chi connectivity index (χ0) is 18.5. The second-order valence-electron chi connectivity index (χ2n) is 5.91. The van der Waals surface area contributed by atoms with E-state index in [2.05, 4.69) is 5.32 Å². The van der Waals surface area contributed by atoms with Crippen molar-refractivity contribution in [1.82, 2.24) is 4.90 Å². The molecular formula is C20H18N2O3S. The van der Waals surface area contributed by atoms with Crippen molar-refractivity contribution in [3.05, 3.63) is 70.6 Å². The summed E-state index contributed by atoms with van der Waals surface area (Å²) in [4.78, 5) is 38.1. The number of carbonyl (C=O) groups excluding carboxylic acids is 3. The third kappa shape index (κ3) is 4.40. The smallest absolute Gasteiger partial charge is 0.293 e. The summed E-state index contributed by atoms with van der Waals surface area (Å²) in [5.74, 6) is -0.591. The molecule has 3 rings (SSSR count). The highest BCUT2D eigenvalue weighted by molar-refractivity contribution is 8.18. The standard InChI is InChI=1S/C20H18N2O3S/c1-14-7-9-16(10-8-14)21-18(23)11-12-22-19(24)17(26-20(22)25)13-15-5-3-2-4-6-15/h2-10,13H,11-12H2,1H3,(H,21,23). The predicted octanol–water partition coefficient (Wildman–Crippen LogP) is 4.06. The number of hydrogen-bond acceptors (Lipinski definition) is 4. The molecule has 0 spiro atoms. The fraction of sp³-hybridized carbons (Fsp3) is 0.150. The summed E-state index contributed by atoms with van der Waals surface area (Å²) in [6.45, 7) is 2.03. The lowest BCUT2D eigenvalue weighted by atomic mass is 10.2. The van der Waals surface area contributed by atoms with E-state index in [0.717, 1.165) is 27.8 Å². The highest BCUT2D eigenvalue weighted by atomic mass is 32.2. The predicted molar refractivity (Wildman–Crippen MR) is 104 cm³/mol. The molecule has 0 radical (unpaired) electrons. The molecule has 0 atom stereocenters. The van der Waals surface area contributed by atoms with E-state index >= 15 is 0 Å². The van der Waals surface area contributed by atoms with Gasteiger partial charge in [0.2, 0.25) is 5.91 Å². The van der Waals surface area contributed by atoms with Crippen LogP contribution in [0.15, 0.2) is 59.5 Å². The van der Waals surface area contributed by atoms with E-state index in [-0.39, 0.29) is 30.0 Å². The molecule has 0 unspecified atom stereocenters. The van der Waals surface area contributed by atoms with Gasteiger partial charge in [-0.15, -0.1) is 0 Å². The van der Waals surface area contributed by atoms with Crippen LogP contribution in [0.5, 0.6) is 0 Å². The zero-order valence-electron chi connectivity index (χ0n) is 14.3. The average molecular weight is 366 g/mol. The Hall–Kier alpha value is -2.86. The summed E-state index contributed by atoms with van der Waals surface area (Å²) in [6.07, 6.45) is 1.75. The van der Waals surface area contributed by atoms with Gasteiger partial charge >= 0.3 is 0 Å². The molecule has 3 amide bonds. The van der Waals surface area contributed by atoms with Gasteiger partial charge in [-0.2, -0.15) is 0 Å². The first kappa shape index (κ1) is 17.9. The molecule has 2 aromatic rings. The van der Waals surface area contributed by atoms with Crippen LogP contribution in [-0.4, -0.2) is 28.5 Å². The van der Waals surface area contributed by atoms with Crippen molar-refractivity contribution >= 4 is 40.6 Å². The Morgan fingerprint density at radius 3 is 2.46 bits per heavy atom. The summed E-state index contributed by atoms with van der Waals surface area (Å²) >= 11 is 0.901. The number of nitrogens with one attached hydrogen (secondary N) is 1. The van der Waals surface area contributed by atoms with Crippen molar-refractivity contribution in [2.24, 2.45) is 0 Å². The molecule has 2 aromatic carbocycles. The van der Waals surface area contributed by atoms with Gasteiger partial charge in [-0.3, -0.25) is 19.3 Å². The molecular weight excluding hydrogens is 348 g/mol. The number of rotatable bonds is 5. The van der Waals surface area contributed by atoms with Gasteiger partial charge in [0.15, 0.2) is 0 Å². The van der Waals surface area contributed by atoms with Gasteiger partial charge in [0.05, 0.1) is 4.91 Å². The Bertz CT molecular complexity index is 860. The molecule has 0 saturated carbocycles. The van der Waals surface area contributed by atoms with E-state index < -0.39 is 0 Å². The van der Waals surface area contributed by atoms with Gasteiger partial charge in [-0.05, 0) is 42.5 Å². The molecule has 0 aliphatic carbocycles. The average Bonchev–Trinajstić information content (AvgIpc) is 2.89. The number of anilines is 1. The topological polar surface area (TPSA) is 66.5 Å². The van der Waals surface area contributed by atoms with E-state index in [4.69, 9.17) is 0 Å². The van der Waals surface area contributed by atoms with Crippen LogP contribution in [-0.2, 0) is 9.59 Å². The van der Waals surface area contributed by atoms with E-state index in [9.17, 15) is 14.4 Å². The lowest BCUT2D eigenvalue weighted by Gasteiger charge is -2.12. The normalized spacial score (nSPS) is 15.6. The van der Waals surface area contributed by atoms with Crippen LogP contribution in [0.4, 0.5) is 10.5 Å². The first-order valence-corrected chi connectivity index (χ1v) is 9.01. The molecule has 0 aromatic heterocycles. The quantitative estimate of drug-likeness (QED) is 0.811. The van der Waals surface area contributed by atoms with Crippen LogP contribution in [0.1, 0.15) is 17.5 Å². The highest BCUT2D eigenvalue weighted by Gasteiger charge is 2.34. The second-order valence-corrected chi connectivity index (χ2v) is 6.90. The summed E-state index contributed by atoms with van der Waals surface area (Å²) in [6, 6.07) is 16.8. The Kier molecular flexibility index (Phi) is 5.53. The van der Waals surface area contributed by atoms with Gasteiger partial charge in [-0.1, -0.05) is 48.0 Å². The van der Waals surface area contributed by atoms with Gasteiger partial charge in [0, 0.05) is 18.7 Å². The molecule has 1 aliphatic heterocycles. The summed E-state index contributed by atoms with van der Waals surface area (Å²) in [5, 5.41) is 2.42. The fourth-order valence-corrected chi connectivity index (χ4v) is 3.33. The number of imide groups is 1. The van der Waals surface area contributed by atoms with Crippen LogP contribution in [0.25, 0.3) is 6.08 Å². The van der Waals surface area contributed by atoms with Crippen molar-refractivity contribution in [3.63, 3.8) is 0 Å². The summed E-state index contributed by atoms with van der Waals surface area (Å²) < 4.78 is 0. The number of hydrogen-bond donors (Lipinski definition) is 1. The maximum Gasteiger partial charge on any atom is 0.293 e. The number of amides is 3. The van der Waals surface area contributed by atoms with E-state index in [0.29, 0.717) is 10.6 Å². The molecule has 1 N–H and O–H groups in total. The lowest BCUT2D eigenvalue weighted by molar-refractivity contribution is -0.123. The minimum atomic E-state index is -0.355. The monoisotopic (exact) mass is 366 g/mol. The SMILES string of the molecule is Cc1ccc(NC(=O)CCN2C(=O)SC(=Cc3ccccc3)C2=O)cc1. The number of thioether (sulfide) groups is 1. The number of benzene rings is 2. The van der Waals surface area contributed by atoms with Gasteiger partial charge < -0.3 is 5.32 Å². The van der Waals surface area contributed by atoms with Crippen molar-refractivity contribution in [1.29, 1.82) is 0 Å². The van der Waals surface area contributed by atoms with Crippen molar-refractivity contribution in [2.75, 3.05) is 11.9 Å². The zero-order valence-corrected chi connectivity index (χ0v) is 15.1. The van der Waals surface area contributed by atoms with Gasteiger partial charge in [0.1, 0.15) is 0 Å². The van der Waals surface area contributed by atoms with Gasteiger partial charge in [0.25, 0.3) is 11.1 Å². The Balaban J connectivity index is 1.58. The molecule has 6 heteroatoms. The molecule has 26 heavy (non-hydrogen) atoms. The number of carbonyl (C=O) groups is 3. The molecule has 1 aliphatic rings. The largest absolute Gasteiger partial charge is 0.326 e. The van der Waals surface area contributed by atoms with Gasteiger partial charge in [-0.25, -0.2) is 0 Å². The lowest BCUT2D eigenvalue weighted by Crippen LogP contribution is -2.31. The Morgan fingerprint density at radius 1 is 1.08 bits per heavy atom. The van der Waals surface area contributed by atoms with Crippen LogP contribution in [0.3, 0.4) is 0 Å². The van der Waals surface area contributed by atoms with Crippen molar-refractivity contribution in [2.45, 2.75) is 13.3 Å². The summed E-state index contributed by atoms with van der Waals surface area (Å²) in [7, 11) is 0. The van der Waals surface area contributed by atoms with Crippen molar-refractivity contribution < 1.29 is 14.4 Å². The first-order chi connectivity index (χ1) is 12.5. The third-order valence-electron chi connectivity index (χ3n) is 3.87. The van der Waals surface area contributed by atoms with Crippen LogP contribution < -0.4 is 5.32 Å². The maximum absolute atomic E-state index is 12.4. The highest BCUT2D eigenvalue weighted by Crippen LogP contribution is 2.32.